The summed E-state index contributed by atoms with van der Waals surface area (Å²) in [6.07, 6.45) is 13.9. The van der Waals surface area contributed by atoms with Crippen LogP contribution in [0.15, 0.2) is 365 Å². The predicted octanol–water partition coefficient (Wildman–Crippen LogP) is 12.8. The minimum atomic E-state index is -2.77. The van der Waals surface area contributed by atoms with Crippen LogP contribution >= 0.6 is 0 Å². The molecule has 6 aliphatic heterocycles. The van der Waals surface area contributed by atoms with Crippen LogP contribution in [-0.2, 0) is 17.0 Å². The van der Waals surface area contributed by atoms with E-state index in [0.29, 0.717) is 0 Å². The molecule has 0 N–H and O–H groups in total. The third-order valence-electron chi connectivity index (χ3n) is 22.1. The Morgan fingerprint density at radius 1 is 0.232 bits per heavy atom. The van der Waals surface area contributed by atoms with Gasteiger partial charge in [-0.2, -0.15) is 0 Å². The summed E-state index contributed by atoms with van der Waals surface area (Å²) in [5, 5.41) is 7.04. The summed E-state index contributed by atoms with van der Waals surface area (Å²) >= 11 is 0. The van der Waals surface area contributed by atoms with Crippen LogP contribution < -0.4 is 53.3 Å². The molecule has 0 saturated heterocycles. The Balaban J connectivity index is 0.000000110. The van der Waals surface area contributed by atoms with Gasteiger partial charge in [0, 0.05) is 71.0 Å². The first-order chi connectivity index (χ1) is 48.7. The van der Waals surface area contributed by atoms with Crippen molar-refractivity contribution in [2.24, 2.45) is 0 Å². The quantitative estimate of drug-likeness (QED) is 0.0931. The molecule has 15 aromatic rings. The fourth-order valence-corrected chi connectivity index (χ4v) is 24.3. The predicted molar refractivity (Wildman–Crippen MR) is 398 cm³/mol. The van der Waals surface area contributed by atoms with Crippen molar-refractivity contribution >= 4 is 42.1 Å². The number of hydrogen-bond donors (Lipinski definition) is 0. The normalized spacial score (nSPS) is 16.2. The smallest absolute Gasteiger partial charge is 0.126 e. The topological polar surface area (TPSA) is 23.3 Å². The fraction of sp³-hybridized carbons (Fsp3) is 0.0769. The number of hydrogen-bond acceptors (Lipinski definition) is 0. The molecule has 21 rings (SSSR count). The monoisotopic (exact) mass is 1300 g/mol. The van der Waals surface area contributed by atoms with Gasteiger partial charge in [-0.15, -0.1) is 27.4 Å². The van der Waals surface area contributed by atoms with Gasteiger partial charge in [0.1, 0.15) is 33.4 Å². The molecule has 6 aliphatic rings. The first kappa shape index (κ1) is 58.7. The van der Waals surface area contributed by atoms with Crippen molar-refractivity contribution in [1.82, 2.24) is 0 Å². The highest BCUT2D eigenvalue weighted by Gasteiger charge is 2.69. The minimum Gasteiger partial charge on any atom is -0.126 e. The number of aryl methyl sites for hydroxylation is 1. The standard InChI is InChI=1S/C42H32N2Si.C26H24N2Si.C23H16N2/c1-31-29-40-36-24-12-14-26-38(36)42(37-25-13-11-23-35(37)39-27-15-16-28-43(39)42)44(40)30-41(31)45(32-17-5-2-6-18-32,33-19-7-3-8-20-33)34-21-9-4-10-22-34;1-29(2,3)19-15-16-25-21-11-5-7-13-23(21)26(28(25)18-19)22-12-6-4-10-20(22)24-14-8-9-17-27(24)26;1-3-11-19-17(9-1)21-13-5-7-15-24(21)23(19)20-12-4-2-10-18(20)22-14-6-8-16-25(22)23/h2-30H,1H3;4-18H,1-3H3;1-16H/q3*+2. The summed E-state index contributed by atoms with van der Waals surface area (Å²) < 4.78 is 15.0. The number of nitrogens with zero attached hydrogens (tertiary/aromatic N) is 6. The summed E-state index contributed by atoms with van der Waals surface area (Å²) in [6, 6.07) is 120. The van der Waals surface area contributed by atoms with E-state index >= 15 is 0 Å². The lowest BCUT2D eigenvalue weighted by molar-refractivity contribution is -0.955. The second kappa shape index (κ2) is 22.2. The number of benzene rings is 9. The average Bonchev–Trinajstić information content (AvgIpc) is 1.55. The molecule has 6 aromatic heterocycles. The lowest BCUT2D eigenvalue weighted by atomic mass is 9.90. The Labute approximate surface area is 580 Å². The van der Waals surface area contributed by atoms with E-state index in [4.69, 9.17) is 0 Å². The van der Waals surface area contributed by atoms with Gasteiger partial charge in [-0.1, -0.05) is 189 Å². The van der Waals surface area contributed by atoms with E-state index in [-0.39, 0.29) is 11.3 Å². The average molecular weight is 1310 g/mol. The van der Waals surface area contributed by atoms with Crippen LogP contribution in [-0.4, -0.2) is 16.1 Å². The van der Waals surface area contributed by atoms with E-state index in [1.54, 1.807) is 0 Å². The molecule has 0 aliphatic carbocycles. The molecule has 8 heteroatoms. The largest absolute Gasteiger partial charge is 0.417 e. The van der Waals surface area contributed by atoms with Gasteiger partial charge in [0.25, 0.3) is 0 Å². The first-order valence-electron chi connectivity index (χ1n) is 34.6. The van der Waals surface area contributed by atoms with Gasteiger partial charge >= 0.3 is 17.0 Å². The van der Waals surface area contributed by atoms with Crippen molar-refractivity contribution in [3.63, 3.8) is 0 Å². The zero-order valence-electron chi connectivity index (χ0n) is 55.8. The maximum atomic E-state index is 2.60. The Morgan fingerprint density at radius 2 is 0.495 bits per heavy atom. The fourth-order valence-electron chi connectivity index (χ4n) is 18.2. The van der Waals surface area contributed by atoms with Crippen LogP contribution in [0.1, 0.15) is 38.9 Å². The zero-order chi connectivity index (χ0) is 66.2. The zero-order valence-corrected chi connectivity index (χ0v) is 57.8. The molecule has 468 valence electrons. The Morgan fingerprint density at radius 3 is 0.818 bits per heavy atom. The number of rotatable bonds is 5. The first-order valence-corrected chi connectivity index (χ1v) is 40.1. The summed E-state index contributed by atoms with van der Waals surface area (Å²) in [5.74, 6) is 0. The van der Waals surface area contributed by atoms with Crippen LogP contribution in [0.5, 0.6) is 0 Å². The molecule has 0 radical (unpaired) electrons. The molecule has 3 spiro atoms. The molecule has 0 saturated carbocycles. The number of fused-ring (bicyclic) bond motifs is 30. The Bertz CT molecular complexity index is 5390. The van der Waals surface area contributed by atoms with Crippen LogP contribution in [0.2, 0.25) is 19.6 Å². The summed E-state index contributed by atoms with van der Waals surface area (Å²) in [6.45, 7) is 9.60. The number of aromatic nitrogens is 6. The highest BCUT2D eigenvalue weighted by atomic mass is 28.3. The Kier molecular flexibility index (Phi) is 13.1. The SMILES string of the molecule is C[Si](C)(C)c1ccc2[n+](c1)C1(c3ccccc3-c3cccc[n+]31)c1ccccc1-2.Cc1cc2[n+](cc1[Si](c1ccccc1)(c1ccccc1)c1ccccc1)C1(c3ccccc3-c3cccc[n+]31)c1ccccc1-2.c1ccc2c(c1)-c1cccc[n+]1C21c2ccccc2-c2cccc[n+]21. The lowest BCUT2D eigenvalue weighted by Gasteiger charge is -2.34. The van der Waals surface area contributed by atoms with Crippen molar-refractivity contribution in [3.8, 4) is 67.5 Å². The molecule has 6 nitrogen and oxygen atoms in total. The van der Waals surface area contributed by atoms with Gasteiger partial charge in [0.15, 0.2) is 45.3 Å². The van der Waals surface area contributed by atoms with Gasteiger partial charge in [-0.25, -0.2) is 0 Å². The van der Waals surface area contributed by atoms with E-state index in [2.05, 4.69) is 419 Å². The minimum absolute atomic E-state index is 0.347. The van der Waals surface area contributed by atoms with Gasteiger partial charge in [0.2, 0.25) is 34.2 Å². The molecule has 12 heterocycles. The third kappa shape index (κ3) is 7.98. The van der Waals surface area contributed by atoms with E-state index in [9.17, 15) is 0 Å². The molecule has 2 atom stereocenters. The molecular formula is C91H72N6Si2+6. The summed E-state index contributed by atoms with van der Waals surface area (Å²) in [7, 11) is -4.23. The number of pyridine rings is 6. The van der Waals surface area contributed by atoms with Crippen LogP contribution in [0.3, 0.4) is 0 Å². The maximum absolute atomic E-state index is 2.77. The van der Waals surface area contributed by atoms with E-state index < -0.39 is 21.8 Å². The molecular weight excluding hydrogens is 1230 g/mol. The molecule has 2 unspecified atom stereocenters. The molecule has 0 bridgehead atoms. The van der Waals surface area contributed by atoms with Gasteiger partial charge in [-0.05, 0) is 125 Å². The summed E-state index contributed by atoms with van der Waals surface area (Å²) in [4.78, 5) is 0. The van der Waals surface area contributed by atoms with Crippen molar-refractivity contribution in [2.45, 2.75) is 43.6 Å². The van der Waals surface area contributed by atoms with E-state index in [1.165, 1.54) is 132 Å². The molecule has 0 fully saturated rings. The second-order valence-corrected chi connectivity index (χ2v) is 36.9. The van der Waals surface area contributed by atoms with Gasteiger partial charge in [0.05, 0.1) is 41.5 Å². The second-order valence-electron chi connectivity index (χ2n) is 28.0. The van der Waals surface area contributed by atoms with Crippen molar-refractivity contribution < 1.29 is 27.4 Å². The maximum Gasteiger partial charge on any atom is 0.417 e. The highest BCUT2D eigenvalue weighted by Crippen LogP contribution is 2.50. The van der Waals surface area contributed by atoms with E-state index in [1.807, 2.05) is 0 Å². The van der Waals surface area contributed by atoms with E-state index in [0.717, 1.165) is 0 Å². The molecule has 99 heavy (non-hydrogen) atoms. The van der Waals surface area contributed by atoms with Gasteiger partial charge < -0.3 is 0 Å². The van der Waals surface area contributed by atoms with Crippen molar-refractivity contribution in [1.29, 1.82) is 0 Å². The molecule has 0 amide bonds. The highest BCUT2D eigenvalue weighted by molar-refractivity contribution is 7.20. The van der Waals surface area contributed by atoms with Crippen LogP contribution in [0.4, 0.5) is 0 Å². The Hall–Kier alpha value is -11.7. The lowest BCUT2D eigenvalue weighted by Crippen LogP contribution is -2.78. The van der Waals surface area contributed by atoms with Crippen LogP contribution in [0, 0.1) is 6.92 Å². The summed E-state index contributed by atoms with van der Waals surface area (Å²) in [5.41, 5.74) is 23.5. The third-order valence-corrected chi connectivity index (χ3v) is 29.1. The van der Waals surface area contributed by atoms with Crippen molar-refractivity contribution in [2.75, 3.05) is 0 Å². The van der Waals surface area contributed by atoms with Gasteiger partial charge in [-0.3, -0.25) is 0 Å². The van der Waals surface area contributed by atoms with Crippen molar-refractivity contribution in [3.05, 3.63) is 404 Å². The van der Waals surface area contributed by atoms with Crippen LogP contribution in [0.25, 0.3) is 67.5 Å². The molecule has 9 aromatic carbocycles.